The Bertz CT molecular complexity index is 546. The zero-order valence-corrected chi connectivity index (χ0v) is 10.9. The third-order valence-corrected chi connectivity index (χ3v) is 3.83. The van der Waals surface area contributed by atoms with Crippen molar-refractivity contribution in [3.8, 4) is 0 Å². The van der Waals surface area contributed by atoms with E-state index >= 15 is 0 Å². The summed E-state index contributed by atoms with van der Waals surface area (Å²) >= 11 is 0. The van der Waals surface area contributed by atoms with Gasteiger partial charge in [-0.25, -0.2) is 4.79 Å². The van der Waals surface area contributed by atoms with Crippen LogP contribution in [-0.2, 0) is 14.3 Å². The summed E-state index contributed by atoms with van der Waals surface area (Å²) in [5.41, 5.74) is 1.89. The highest BCUT2D eigenvalue weighted by Gasteiger charge is 2.38. The van der Waals surface area contributed by atoms with Crippen LogP contribution in [0.1, 0.15) is 11.5 Å². The van der Waals surface area contributed by atoms with E-state index in [1.54, 1.807) is 0 Å². The summed E-state index contributed by atoms with van der Waals surface area (Å²) in [5, 5.41) is 12.4. The quantitative estimate of drug-likeness (QED) is 0.822. The minimum Gasteiger partial charge on any atom is -0.480 e. The fourth-order valence-corrected chi connectivity index (χ4v) is 2.78. The second-order valence-electron chi connectivity index (χ2n) is 4.98. The van der Waals surface area contributed by atoms with Crippen LogP contribution in [0.4, 0.5) is 5.69 Å². The number of fused-ring (bicyclic) bond motifs is 1. The van der Waals surface area contributed by atoms with Crippen LogP contribution in [0.3, 0.4) is 0 Å². The van der Waals surface area contributed by atoms with Crippen LogP contribution in [-0.4, -0.2) is 54.2 Å². The number of aliphatic carboxylic acids is 1. The third-order valence-electron chi connectivity index (χ3n) is 3.83. The number of hydrogen-bond donors (Lipinski definition) is 2. The van der Waals surface area contributed by atoms with Crippen LogP contribution in [0.25, 0.3) is 0 Å². The number of amides is 1. The summed E-state index contributed by atoms with van der Waals surface area (Å²) in [6.07, 6.45) is 0. The van der Waals surface area contributed by atoms with Gasteiger partial charge in [0.1, 0.15) is 0 Å². The number of rotatable bonds is 2. The van der Waals surface area contributed by atoms with Crippen molar-refractivity contribution in [2.45, 2.75) is 12.0 Å². The highest BCUT2D eigenvalue weighted by atomic mass is 16.5. The Labute approximate surface area is 116 Å². The summed E-state index contributed by atoms with van der Waals surface area (Å²) < 4.78 is 5.17. The number of anilines is 1. The number of ether oxygens (including phenoxy) is 1. The molecule has 2 heterocycles. The summed E-state index contributed by atoms with van der Waals surface area (Å²) in [4.78, 5) is 25.3. The average molecular weight is 276 g/mol. The van der Waals surface area contributed by atoms with Gasteiger partial charge in [-0.1, -0.05) is 18.2 Å². The van der Waals surface area contributed by atoms with Crippen molar-refractivity contribution >= 4 is 17.6 Å². The second-order valence-corrected chi connectivity index (χ2v) is 4.98. The summed E-state index contributed by atoms with van der Waals surface area (Å²) in [6, 6.07) is 6.75. The van der Waals surface area contributed by atoms with Crippen LogP contribution >= 0.6 is 0 Å². The van der Waals surface area contributed by atoms with E-state index < -0.39 is 12.0 Å². The molecule has 2 N–H and O–H groups in total. The lowest BCUT2D eigenvalue weighted by molar-refractivity contribution is -0.158. The fraction of sp³-hybridized carbons (Fsp3) is 0.429. The Morgan fingerprint density at radius 2 is 2.15 bits per heavy atom. The summed E-state index contributed by atoms with van der Waals surface area (Å²) in [5.74, 6) is -1.47. The average Bonchev–Trinajstić information content (AvgIpc) is 2.90. The van der Waals surface area contributed by atoms with Crippen molar-refractivity contribution in [1.82, 2.24) is 4.90 Å². The molecule has 106 valence electrons. The molecule has 2 unspecified atom stereocenters. The van der Waals surface area contributed by atoms with Crippen LogP contribution in [0.15, 0.2) is 24.3 Å². The number of hydrogen-bond acceptors (Lipinski definition) is 4. The first-order valence-corrected chi connectivity index (χ1v) is 6.62. The lowest BCUT2D eigenvalue weighted by Gasteiger charge is -2.34. The number of benzene rings is 1. The van der Waals surface area contributed by atoms with Gasteiger partial charge in [-0.05, 0) is 11.6 Å². The number of carbonyl (C=O) groups excluding carboxylic acids is 1. The molecule has 2 atom stereocenters. The lowest BCUT2D eigenvalue weighted by atomic mass is 9.99. The molecular formula is C14H16N2O4. The van der Waals surface area contributed by atoms with Gasteiger partial charge in [0, 0.05) is 18.8 Å². The number of carboxylic acid groups (broad SMARTS) is 1. The zero-order valence-electron chi connectivity index (χ0n) is 10.9. The van der Waals surface area contributed by atoms with E-state index in [1.165, 1.54) is 4.90 Å². The molecule has 6 heteroatoms. The van der Waals surface area contributed by atoms with Crippen LogP contribution in [0, 0.1) is 0 Å². The Morgan fingerprint density at radius 1 is 1.35 bits per heavy atom. The smallest absolute Gasteiger partial charge is 0.328 e. The molecule has 20 heavy (non-hydrogen) atoms. The van der Waals surface area contributed by atoms with E-state index in [9.17, 15) is 14.7 Å². The van der Waals surface area contributed by atoms with Crippen molar-refractivity contribution in [2.24, 2.45) is 0 Å². The molecule has 0 aromatic heterocycles. The van der Waals surface area contributed by atoms with Gasteiger partial charge in [0.15, 0.2) is 6.04 Å². The minimum atomic E-state index is -1.02. The number of carbonyl (C=O) groups is 2. The predicted molar refractivity (Wildman–Crippen MR) is 71.6 cm³/mol. The monoisotopic (exact) mass is 276 g/mol. The first-order chi connectivity index (χ1) is 9.68. The van der Waals surface area contributed by atoms with Gasteiger partial charge in [0.05, 0.1) is 19.1 Å². The Hall–Kier alpha value is -2.08. The van der Waals surface area contributed by atoms with Crippen molar-refractivity contribution < 1.29 is 19.4 Å². The molecule has 2 aliphatic rings. The van der Waals surface area contributed by atoms with E-state index in [-0.39, 0.29) is 18.4 Å². The first-order valence-electron chi connectivity index (χ1n) is 6.62. The Kier molecular flexibility index (Phi) is 3.31. The second kappa shape index (κ2) is 5.13. The lowest BCUT2D eigenvalue weighted by Crippen LogP contribution is -2.54. The number of nitrogens with zero attached hydrogens (tertiary/aromatic N) is 1. The maximum atomic E-state index is 12.6. The molecular weight excluding hydrogens is 260 g/mol. The topological polar surface area (TPSA) is 78.9 Å². The molecule has 3 rings (SSSR count). The van der Waals surface area contributed by atoms with E-state index in [2.05, 4.69) is 5.32 Å². The van der Waals surface area contributed by atoms with Crippen LogP contribution in [0.2, 0.25) is 0 Å². The molecule has 1 aromatic rings. The predicted octanol–water partition coefficient (Wildman–Crippen LogP) is 0.508. The van der Waals surface area contributed by atoms with Gasteiger partial charge in [-0.15, -0.1) is 0 Å². The Balaban J connectivity index is 1.84. The van der Waals surface area contributed by atoms with Gasteiger partial charge in [-0.3, -0.25) is 4.79 Å². The molecule has 0 spiro atoms. The van der Waals surface area contributed by atoms with Crippen molar-refractivity contribution in [3.05, 3.63) is 29.8 Å². The van der Waals surface area contributed by atoms with E-state index in [0.717, 1.165) is 11.3 Å². The van der Waals surface area contributed by atoms with E-state index in [1.807, 2.05) is 24.3 Å². The standard InChI is InChI=1S/C14H16N2O4/c17-13(16-5-6-20-8-12(16)14(18)19)10-7-15-11-4-2-1-3-9(10)11/h1-4,10,12,15H,5-8H2,(H,18,19). The third kappa shape index (κ3) is 2.12. The fourth-order valence-electron chi connectivity index (χ4n) is 2.78. The largest absolute Gasteiger partial charge is 0.480 e. The molecule has 2 aliphatic heterocycles. The van der Waals surface area contributed by atoms with Gasteiger partial charge in [0.25, 0.3) is 0 Å². The van der Waals surface area contributed by atoms with E-state index in [4.69, 9.17) is 4.74 Å². The van der Waals surface area contributed by atoms with Crippen LogP contribution < -0.4 is 5.32 Å². The maximum absolute atomic E-state index is 12.6. The molecule has 0 saturated carbocycles. The number of para-hydroxylation sites is 1. The van der Waals surface area contributed by atoms with Gasteiger partial charge < -0.3 is 20.1 Å². The molecule has 0 bridgehead atoms. The zero-order chi connectivity index (χ0) is 14.1. The molecule has 1 saturated heterocycles. The van der Waals surface area contributed by atoms with Gasteiger partial charge in [0.2, 0.25) is 5.91 Å². The SMILES string of the molecule is O=C(O)C1COCCN1C(=O)C1CNc2ccccc21. The molecule has 6 nitrogen and oxygen atoms in total. The highest BCUT2D eigenvalue weighted by Crippen LogP contribution is 2.33. The highest BCUT2D eigenvalue weighted by molar-refractivity contribution is 5.91. The molecule has 0 aliphatic carbocycles. The van der Waals surface area contributed by atoms with Crippen molar-refractivity contribution in [2.75, 3.05) is 31.6 Å². The summed E-state index contributed by atoms with van der Waals surface area (Å²) in [6.45, 7) is 1.29. The van der Waals surface area contributed by atoms with Crippen molar-refractivity contribution in [3.63, 3.8) is 0 Å². The van der Waals surface area contributed by atoms with Crippen LogP contribution in [0.5, 0.6) is 0 Å². The molecule has 1 amide bonds. The van der Waals surface area contributed by atoms with Crippen molar-refractivity contribution in [1.29, 1.82) is 0 Å². The van der Waals surface area contributed by atoms with Gasteiger partial charge >= 0.3 is 5.97 Å². The molecule has 0 radical (unpaired) electrons. The van der Waals surface area contributed by atoms with E-state index in [0.29, 0.717) is 19.7 Å². The summed E-state index contributed by atoms with van der Waals surface area (Å²) in [7, 11) is 0. The Morgan fingerprint density at radius 3 is 2.95 bits per heavy atom. The first kappa shape index (κ1) is 12.9. The maximum Gasteiger partial charge on any atom is 0.328 e. The normalized spacial score (nSPS) is 24.9. The minimum absolute atomic E-state index is 0.0584. The number of carboxylic acids is 1. The van der Waals surface area contributed by atoms with Gasteiger partial charge in [-0.2, -0.15) is 0 Å². The number of morpholine rings is 1. The molecule has 1 fully saturated rings. The number of nitrogens with one attached hydrogen (secondary N) is 1. The molecule has 1 aromatic carbocycles.